The van der Waals surface area contributed by atoms with Gasteiger partial charge < -0.3 is 14.6 Å². The normalized spacial score (nSPS) is 25.4. The first-order valence-corrected chi connectivity index (χ1v) is 13.0. The molecule has 10 nitrogen and oxygen atoms in total. The molecule has 2 aromatic carbocycles. The number of carbonyl (C=O) groups is 2. The van der Waals surface area contributed by atoms with Gasteiger partial charge in [0.05, 0.1) is 37.9 Å². The number of ketones is 2. The topological polar surface area (TPSA) is 122 Å². The van der Waals surface area contributed by atoms with Crippen LogP contribution in [0.5, 0.6) is 17.2 Å². The van der Waals surface area contributed by atoms with Crippen LogP contribution in [-0.2, 0) is 16.1 Å². The van der Waals surface area contributed by atoms with E-state index in [2.05, 4.69) is 0 Å². The van der Waals surface area contributed by atoms with E-state index in [0.29, 0.717) is 22.4 Å². The first-order chi connectivity index (χ1) is 19.1. The second-order valence-electron chi connectivity index (χ2n) is 10.7. The van der Waals surface area contributed by atoms with Crippen LogP contribution >= 0.6 is 0 Å². The fourth-order valence-electron chi connectivity index (χ4n) is 6.97. The third-order valence-electron chi connectivity index (χ3n) is 8.74. The van der Waals surface area contributed by atoms with Crippen molar-refractivity contribution in [3.05, 3.63) is 92.3 Å². The Bertz CT molecular complexity index is 1730. The van der Waals surface area contributed by atoms with Crippen LogP contribution in [0.4, 0.5) is 0 Å². The van der Waals surface area contributed by atoms with Crippen LogP contribution in [0.1, 0.15) is 37.8 Å². The predicted molar refractivity (Wildman–Crippen MR) is 145 cm³/mol. The van der Waals surface area contributed by atoms with Gasteiger partial charge in [0.15, 0.2) is 11.6 Å². The molecule has 0 unspecified atom stereocenters. The molecule has 0 bridgehead atoms. The zero-order chi connectivity index (χ0) is 28.5. The molecule has 2 heterocycles. The Labute approximate surface area is 229 Å². The van der Waals surface area contributed by atoms with Crippen LogP contribution < -0.4 is 20.9 Å². The fourth-order valence-corrected chi connectivity index (χ4v) is 6.97. The molecular weight excluding hydrogens is 514 g/mol. The van der Waals surface area contributed by atoms with E-state index in [9.17, 15) is 24.3 Å². The van der Waals surface area contributed by atoms with Crippen molar-refractivity contribution in [2.45, 2.75) is 38.8 Å². The van der Waals surface area contributed by atoms with Crippen molar-refractivity contribution in [3.8, 4) is 22.9 Å². The Morgan fingerprint density at radius 2 is 1.62 bits per heavy atom. The number of carbonyl (C=O) groups excluding carboxylic acids is 2. The molecule has 1 aliphatic heterocycles. The standard InChI is InChI=1S/C30H29N3O7/c1-16-12-22(35)20-15-21-19(10-11-31-28(37)32(29(38)33(21)31)17-8-6-5-7-9-17)26(30(20,2)27(16)36)25-23(39-3)13-18(34)14-24(25)40-4/h5-10,12-14,20-21,26,34H,11,15H2,1-4H3/t20-,21+,26+,30+/m0/s1. The lowest BCUT2D eigenvalue weighted by atomic mass is 9.50. The highest BCUT2D eigenvalue weighted by Crippen LogP contribution is 2.62. The molecule has 1 fully saturated rings. The maximum absolute atomic E-state index is 14.0. The molecule has 3 aliphatic rings. The summed E-state index contributed by atoms with van der Waals surface area (Å²) in [6, 6.07) is 10.9. The van der Waals surface area contributed by atoms with Gasteiger partial charge in [0.25, 0.3) is 0 Å². The summed E-state index contributed by atoms with van der Waals surface area (Å²) in [4.78, 5) is 55.0. The molecule has 40 heavy (non-hydrogen) atoms. The van der Waals surface area contributed by atoms with Crippen molar-refractivity contribution < 1.29 is 24.2 Å². The van der Waals surface area contributed by atoms with Crippen molar-refractivity contribution in [2.24, 2.45) is 11.3 Å². The first-order valence-electron chi connectivity index (χ1n) is 13.0. The highest BCUT2D eigenvalue weighted by Gasteiger charge is 2.60. The van der Waals surface area contributed by atoms with Gasteiger partial charge in [-0.05, 0) is 42.7 Å². The molecule has 3 aromatic rings. The third kappa shape index (κ3) is 3.34. The number of allylic oxidation sites excluding steroid dienone is 4. The molecule has 0 saturated heterocycles. The van der Waals surface area contributed by atoms with Gasteiger partial charge in [0, 0.05) is 29.5 Å². The quantitative estimate of drug-likeness (QED) is 0.502. The zero-order valence-electron chi connectivity index (χ0n) is 22.6. The van der Waals surface area contributed by atoms with Gasteiger partial charge in [0.2, 0.25) is 0 Å². The van der Waals surface area contributed by atoms with E-state index in [0.717, 1.165) is 4.57 Å². The largest absolute Gasteiger partial charge is 0.508 e. The Morgan fingerprint density at radius 3 is 2.25 bits per heavy atom. The maximum Gasteiger partial charge on any atom is 0.352 e. The minimum Gasteiger partial charge on any atom is -0.508 e. The van der Waals surface area contributed by atoms with Crippen molar-refractivity contribution in [3.63, 3.8) is 0 Å². The average molecular weight is 544 g/mol. The lowest BCUT2D eigenvalue weighted by Gasteiger charge is -2.52. The number of aromatic nitrogens is 3. The maximum atomic E-state index is 14.0. The Kier molecular flexibility index (Phi) is 5.76. The number of para-hydroxylation sites is 1. The molecule has 1 N–H and O–H groups in total. The van der Waals surface area contributed by atoms with Crippen LogP contribution in [0, 0.1) is 11.3 Å². The van der Waals surface area contributed by atoms with Gasteiger partial charge in [-0.3, -0.25) is 9.59 Å². The molecular formula is C30H29N3O7. The SMILES string of the molecule is COc1cc(O)cc(OC)c1[C@H]1C2=CCn3c(=O)n(-c4ccccc4)c(=O)n3[C@@H]2C[C@H]2C(=O)C=C(C)C(=O)[C@@]12C. The van der Waals surface area contributed by atoms with E-state index in [1.54, 1.807) is 44.2 Å². The monoisotopic (exact) mass is 543 g/mol. The summed E-state index contributed by atoms with van der Waals surface area (Å²) >= 11 is 0. The van der Waals surface area contributed by atoms with Gasteiger partial charge in [0.1, 0.15) is 17.2 Å². The number of phenolic OH excluding ortho intramolecular Hbond substituents is 1. The van der Waals surface area contributed by atoms with Gasteiger partial charge in [-0.2, -0.15) is 0 Å². The summed E-state index contributed by atoms with van der Waals surface area (Å²) in [6.07, 6.45) is 3.40. The van der Waals surface area contributed by atoms with E-state index in [1.807, 2.05) is 6.08 Å². The van der Waals surface area contributed by atoms with E-state index < -0.39 is 34.7 Å². The first kappa shape index (κ1) is 25.7. The number of methoxy groups -OCH3 is 2. The molecule has 2 aliphatic carbocycles. The summed E-state index contributed by atoms with van der Waals surface area (Å²) in [7, 11) is 2.91. The number of benzene rings is 2. The molecule has 0 radical (unpaired) electrons. The number of fused-ring (bicyclic) bond motifs is 4. The molecule has 0 spiro atoms. The molecule has 206 valence electrons. The van der Waals surface area contributed by atoms with E-state index in [4.69, 9.17) is 9.47 Å². The second kappa shape index (κ2) is 8.97. The Hall–Kier alpha value is -4.60. The van der Waals surface area contributed by atoms with Gasteiger partial charge >= 0.3 is 11.4 Å². The van der Waals surface area contributed by atoms with Gasteiger partial charge in [-0.25, -0.2) is 23.5 Å². The number of rotatable bonds is 4. The number of ether oxygens (including phenoxy) is 2. The molecule has 0 amide bonds. The van der Waals surface area contributed by atoms with Crippen molar-refractivity contribution in [1.82, 2.24) is 13.9 Å². The molecule has 10 heteroatoms. The van der Waals surface area contributed by atoms with Crippen LogP contribution in [0.15, 0.2) is 75.4 Å². The van der Waals surface area contributed by atoms with Crippen LogP contribution in [0.25, 0.3) is 5.69 Å². The summed E-state index contributed by atoms with van der Waals surface area (Å²) in [5, 5.41) is 10.4. The van der Waals surface area contributed by atoms with Crippen LogP contribution in [-0.4, -0.2) is 44.8 Å². The van der Waals surface area contributed by atoms with Crippen molar-refractivity contribution in [2.75, 3.05) is 14.2 Å². The summed E-state index contributed by atoms with van der Waals surface area (Å²) in [5.41, 5.74) is -0.251. The number of nitrogens with zero attached hydrogens (tertiary/aromatic N) is 3. The van der Waals surface area contributed by atoms with E-state index in [-0.39, 0.29) is 41.8 Å². The lowest BCUT2D eigenvalue weighted by Crippen LogP contribution is -2.54. The third-order valence-corrected chi connectivity index (χ3v) is 8.74. The minimum absolute atomic E-state index is 0.0868. The van der Waals surface area contributed by atoms with Crippen molar-refractivity contribution in [1.29, 1.82) is 0 Å². The Balaban J connectivity index is 1.65. The summed E-state index contributed by atoms with van der Waals surface area (Å²) in [6.45, 7) is 3.51. The second-order valence-corrected chi connectivity index (χ2v) is 10.7. The number of phenols is 1. The minimum atomic E-state index is -1.23. The smallest absolute Gasteiger partial charge is 0.352 e. The molecule has 1 aromatic heterocycles. The summed E-state index contributed by atoms with van der Waals surface area (Å²) < 4.78 is 15.3. The number of hydrogen-bond acceptors (Lipinski definition) is 7. The van der Waals surface area contributed by atoms with Gasteiger partial charge in [-0.1, -0.05) is 31.2 Å². The summed E-state index contributed by atoms with van der Waals surface area (Å²) in [5.74, 6) is -1.45. The Morgan fingerprint density at radius 1 is 0.975 bits per heavy atom. The highest BCUT2D eigenvalue weighted by atomic mass is 16.5. The fraction of sp³-hybridized carbons (Fsp3) is 0.333. The van der Waals surface area contributed by atoms with Crippen LogP contribution in [0.3, 0.4) is 0 Å². The predicted octanol–water partition coefficient (Wildman–Crippen LogP) is 2.91. The average Bonchev–Trinajstić information content (AvgIpc) is 3.21. The zero-order valence-corrected chi connectivity index (χ0v) is 22.6. The van der Waals surface area contributed by atoms with Crippen molar-refractivity contribution >= 4 is 11.6 Å². The number of aromatic hydroxyl groups is 1. The van der Waals surface area contributed by atoms with E-state index in [1.165, 1.54) is 41.8 Å². The van der Waals surface area contributed by atoms with Gasteiger partial charge in [-0.15, -0.1) is 0 Å². The number of hydrogen-bond donors (Lipinski definition) is 1. The van der Waals surface area contributed by atoms with E-state index >= 15 is 0 Å². The lowest BCUT2D eigenvalue weighted by molar-refractivity contribution is -0.139. The van der Waals surface area contributed by atoms with Crippen LogP contribution in [0.2, 0.25) is 0 Å². The molecule has 6 rings (SSSR count). The molecule has 4 atom stereocenters. The number of Topliss-reactive ketones (excluding diaryl/α,β-unsaturated/α-hetero) is 1. The molecule has 1 saturated carbocycles. The highest BCUT2D eigenvalue weighted by molar-refractivity contribution is 6.13.